The Morgan fingerprint density at radius 3 is 1.15 bits per heavy atom. The van der Waals surface area contributed by atoms with Crippen LogP contribution in [0.15, 0.2) is 172 Å². The van der Waals surface area contributed by atoms with E-state index in [2.05, 4.69) is 8.25 Å². The van der Waals surface area contributed by atoms with E-state index in [9.17, 15) is 43.3 Å². The van der Waals surface area contributed by atoms with Crippen molar-refractivity contribution in [2.75, 3.05) is 13.4 Å². The van der Waals surface area contributed by atoms with Gasteiger partial charge in [0.2, 0.25) is 0 Å². The third kappa shape index (κ3) is 11.8. The van der Waals surface area contributed by atoms with Gasteiger partial charge >= 0.3 is 0 Å². The molecule has 0 amide bonds. The maximum atomic E-state index is 13.9. The van der Waals surface area contributed by atoms with Crippen LogP contribution in [0.1, 0.15) is 43.0 Å². The molecule has 0 fully saturated rings. The molecule has 0 saturated heterocycles. The highest BCUT2D eigenvalue weighted by Gasteiger charge is 2.21. The molecule has 350 valence electrons. The fourth-order valence-electron chi connectivity index (χ4n) is 6.36. The minimum atomic E-state index is -5.03. The van der Waals surface area contributed by atoms with Crippen LogP contribution in [0.3, 0.4) is 0 Å². The molecule has 20 heteroatoms. The van der Waals surface area contributed by atoms with Gasteiger partial charge < -0.3 is 27.2 Å². The summed E-state index contributed by atoms with van der Waals surface area (Å²) in [5, 5.41) is 0. The summed E-state index contributed by atoms with van der Waals surface area (Å²) in [6.07, 6.45) is 0.634. The van der Waals surface area contributed by atoms with E-state index in [1.54, 1.807) is 31.2 Å². The average Bonchev–Trinajstić information content (AvgIpc) is 3.29. The van der Waals surface area contributed by atoms with E-state index in [-0.39, 0.29) is 62.1 Å². The van der Waals surface area contributed by atoms with Crippen LogP contribution < -0.4 is 18.9 Å². The average molecular weight is 995 g/mol. The third-order valence-corrected chi connectivity index (χ3v) is 15.8. The van der Waals surface area contributed by atoms with Crippen LogP contribution in [0.2, 0.25) is 0 Å². The summed E-state index contributed by atoms with van der Waals surface area (Å²) in [7, 11) is -17.5. The van der Waals surface area contributed by atoms with Gasteiger partial charge in [0.05, 0.1) is 26.9 Å². The van der Waals surface area contributed by atoms with Crippen LogP contribution in [-0.2, 0) is 40.1 Å². The van der Waals surface area contributed by atoms with E-state index in [0.717, 1.165) is 23.3 Å². The summed E-state index contributed by atoms with van der Waals surface area (Å²) in [5.74, 6) is -0.660. The van der Waals surface area contributed by atoms with Crippen molar-refractivity contribution in [3.8, 4) is 40.2 Å². The van der Waals surface area contributed by atoms with Gasteiger partial charge in [0.15, 0.2) is 11.6 Å². The summed E-state index contributed by atoms with van der Waals surface area (Å²) in [6.45, 7) is 3.64. The second-order valence-electron chi connectivity index (χ2n) is 14.9. The zero-order chi connectivity index (χ0) is 49.0. The molecule has 0 aliphatic carbocycles. The molecular weight excluding hydrogens is 957 g/mol. The van der Waals surface area contributed by atoms with Crippen molar-refractivity contribution in [2.24, 2.45) is 0 Å². The predicted molar refractivity (Wildman–Crippen MR) is 251 cm³/mol. The van der Waals surface area contributed by atoms with Crippen molar-refractivity contribution >= 4 is 51.7 Å². The highest BCUT2D eigenvalue weighted by Crippen LogP contribution is 2.39. The Bertz CT molecular complexity index is 3490. The van der Waals surface area contributed by atoms with Gasteiger partial charge in [-0.05, 0) is 123 Å². The fourth-order valence-corrected chi connectivity index (χ4v) is 11.6. The first-order valence-corrected chi connectivity index (χ1v) is 26.1. The van der Waals surface area contributed by atoms with Crippen LogP contribution >= 0.6 is 0 Å². The molecule has 0 aliphatic rings. The first-order chi connectivity index (χ1) is 32.1. The lowest BCUT2D eigenvalue weighted by atomic mass is 10.0. The van der Waals surface area contributed by atoms with E-state index in [1.165, 1.54) is 116 Å². The Morgan fingerprint density at radius 1 is 0.397 bits per heavy atom. The number of hydrogen-bond donors (Lipinski definition) is 0. The quantitative estimate of drug-likeness (QED) is 0.0728. The van der Waals surface area contributed by atoms with E-state index >= 15 is 0 Å². The molecule has 0 saturated carbocycles. The lowest BCUT2D eigenvalue weighted by Crippen LogP contribution is -2.09. The molecule has 68 heavy (non-hydrogen) atoms. The van der Waals surface area contributed by atoms with E-state index in [0.29, 0.717) is 17.4 Å². The van der Waals surface area contributed by atoms with Crippen molar-refractivity contribution in [1.82, 2.24) is 0 Å². The van der Waals surface area contributed by atoms with Gasteiger partial charge in [0.1, 0.15) is 70.3 Å². The molecule has 7 rings (SSSR count). The standard InChI is InChI=1S/C48H38N2O14S4/c1-31-5-9-33(10-6-31)47(51)34-11-17-38(18-12-34)63-41-24-28-44(46(30-41)68(59,60)50-66(55,56)42-25-7-32(2)8-26-42)64-39-21-15-36(16-22-39)48(52)35-13-19-37(20-14-35)62-40-23-27-43(61-3)45(29-40)67(57,58)49-65(4,53)54/h5-30H,1-4H3/q-2. The van der Waals surface area contributed by atoms with Crippen LogP contribution in [0, 0.1) is 13.8 Å². The molecule has 0 N–H and O–H groups in total. The Balaban J connectivity index is 1.10. The minimum Gasteiger partial charge on any atom is -0.495 e. The molecule has 7 aromatic carbocycles. The molecule has 0 unspecified atom stereocenters. The second kappa shape index (κ2) is 19.6. The van der Waals surface area contributed by atoms with E-state index in [1.807, 2.05) is 19.1 Å². The molecule has 7 aromatic rings. The van der Waals surface area contributed by atoms with Crippen molar-refractivity contribution in [3.63, 3.8) is 0 Å². The predicted octanol–water partition coefficient (Wildman–Crippen LogP) is 9.62. The first-order valence-electron chi connectivity index (χ1n) is 19.9. The molecular formula is C48H38N2O14S4-2. The molecule has 0 atom stereocenters. The number of benzene rings is 7. The SMILES string of the molecule is COc1ccc(Oc2ccc(C(=O)c3ccc(Oc4ccc(Oc5ccc(C(=O)c6ccc(C)cc6)cc5)cc4S(=O)(=O)[N-]S(=O)(=O)c4ccc(C)cc4)cc3)cc2)cc1S(=O)(=O)[N-]S(C)(=O)=O. The maximum Gasteiger partial charge on any atom is 0.193 e. The molecule has 16 nitrogen and oxygen atoms in total. The van der Waals surface area contributed by atoms with E-state index in [4.69, 9.17) is 18.9 Å². The van der Waals surface area contributed by atoms with Crippen molar-refractivity contribution in [2.45, 2.75) is 28.5 Å². The third-order valence-electron chi connectivity index (χ3n) is 9.72. The van der Waals surface area contributed by atoms with Crippen LogP contribution in [0.25, 0.3) is 8.25 Å². The van der Waals surface area contributed by atoms with Crippen LogP contribution in [0.5, 0.6) is 40.2 Å². The lowest BCUT2D eigenvalue weighted by Gasteiger charge is -2.23. The van der Waals surface area contributed by atoms with Gasteiger partial charge in [-0.2, -0.15) is 0 Å². The fraction of sp³-hybridized carbons (Fsp3) is 0.0833. The van der Waals surface area contributed by atoms with Gasteiger partial charge in [-0.1, -0.05) is 47.5 Å². The van der Waals surface area contributed by atoms with Crippen molar-refractivity contribution in [3.05, 3.63) is 199 Å². The molecule has 0 aromatic heterocycles. The number of ketones is 2. The van der Waals surface area contributed by atoms with Gasteiger partial charge in [-0.3, -0.25) is 9.59 Å². The minimum absolute atomic E-state index is 0.000606. The normalized spacial score (nSPS) is 11.9. The Hall–Kier alpha value is -7.20. The van der Waals surface area contributed by atoms with Crippen LogP contribution in [-0.4, -0.2) is 58.6 Å². The number of hydrogen-bond acceptors (Lipinski definition) is 14. The summed E-state index contributed by atoms with van der Waals surface area (Å²) < 4.78 is 132. The lowest BCUT2D eigenvalue weighted by molar-refractivity contribution is 0.103. The Kier molecular flexibility index (Phi) is 14.0. The van der Waals surface area contributed by atoms with Crippen LogP contribution in [0.4, 0.5) is 0 Å². The van der Waals surface area contributed by atoms with Gasteiger partial charge in [0.25, 0.3) is 0 Å². The number of carbonyl (C=O) groups is 2. The number of carbonyl (C=O) groups excluding carboxylic acids is 2. The number of aryl methyl sites for hydroxylation is 2. The van der Waals surface area contributed by atoms with Crippen molar-refractivity contribution in [1.29, 1.82) is 0 Å². The second-order valence-corrected chi connectivity index (χ2v) is 21.8. The highest BCUT2D eigenvalue weighted by molar-refractivity contribution is 8.12. The number of nitrogens with zero attached hydrogens (tertiary/aromatic N) is 2. The molecule has 0 aliphatic heterocycles. The largest absolute Gasteiger partial charge is 0.495 e. The number of rotatable bonds is 18. The number of methoxy groups -OCH3 is 1. The Labute approximate surface area is 393 Å². The summed E-state index contributed by atoms with van der Waals surface area (Å²) in [5.41, 5.74) is 3.05. The highest BCUT2D eigenvalue weighted by atomic mass is 32.3. The summed E-state index contributed by atoms with van der Waals surface area (Å²) >= 11 is 0. The zero-order valence-electron chi connectivity index (χ0n) is 36.3. The van der Waals surface area contributed by atoms with Crippen molar-refractivity contribution < 1.29 is 62.2 Å². The molecule has 0 bridgehead atoms. The van der Waals surface area contributed by atoms with Gasteiger partial charge in [-0.15, -0.1) is 0 Å². The van der Waals surface area contributed by atoms with E-state index < -0.39 is 55.7 Å². The molecule has 0 heterocycles. The smallest absolute Gasteiger partial charge is 0.193 e. The Morgan fingerprint density at radius 2 is 0.735 bits per heavy atom. The summed E-state index contributed by atoms with van der Waals surface area (Å²) in [6, 6.07) is 37.6. The first kappa shape index (κ1) is 48.7. The monoisotopic (exact) mass is 994 g/mol. The number of sulfonamides is 4. The number of ether oxygens (including phenoxy) is 4. The maximum absolute atomic E-state index is 13.9. The van der Waals surface area contributed by atoms with Gasteiger partial charge in [-0.25, -0.2) is 33.7 Å². The zero-order valence-corrected chi connectivity index (χ0v) is 39.5. The topological polar surface area (TPSA) is 236 Å². The molecule has 0 radical (unpaired) electrons. The van der Waals surface area contributed by atoms with Gasteiger partial charge in [0, 0.05) is 45.5 Å². The summed E-state index contributed by atoms with van der Waals surface area (Å²) in [4.78, 5) is 25.0. The molecule has 0 spiro atoms.